The maximum Gasteiger partial charge on any atom is 0.272 e. The predicted octanol–water partition coefficient (Wildman–Crippen LogP) is 1.93. The minimum atomic E-state index is -0.0939. The number of amides is 1. The third kappa shape index (κ3) is 3.53. The monoisotopic (exact) mass is 347 g/mol. The van der Waals surface area contributed by atoms with Crippen LogP contribution in [0.1, 0.15) is 47.2 Å². The number of thiophene rings is 1. The van der Waals surface area contributed by atoms with Crippen molar-refractivity contribution in [2.75, 3.05) is 26.2 Å². The Kier molecular flexibility index (Phi) is 5.65. The molecule has 2 aromatic heterocycles. The van der Waals surface area contributed by atoms with E-state index in [1.54, 1.807) is 11.3 Å². The van der Waals surface area contributed by atoms with Gasteiger partial charge < -0.3 is 10.6 Å². The van der Waals surface area contributed by atoms with E-state index in [0.717, 1.165) is 37.3 Å². The van der Waals surface area contributed by atoms with Crippen molar-refractivity contribution in [2.24, 2.45) is 0 Å². The lowest BCUT2D eigenvalue weighted by atomic mass is 10.1. The molecule has 0 aromatic carbocycles. The van der Waals surface area contributed by atoms with Crippen LogP contribution >= 0.6 is 11.3 Å². The van der Waals surface area contributed by atoms with Crippen LogP contribution < -0.4 is 10.6 Å². The predicted molar refractivity (Wildman–Crippen MR) is 96.3 cm³/mol. The topological polar surface area (TPSA) is 73.0 Å². The molecule has 3 rings (SSSR count). The molecule has 0 saturated carbocycles. The van der Waals surface area contributed by atoms with Gasteiger partial charge in [0.05, 0.1) is 6.04 Å². The first kappa shape index (κ1) is 17.1. The summed E-state index contributed by atoms with van der Waals surface area (Å²) in [5, 5.41) is 17.9. The molecule has 0 aliphatic carbocycles. The minimum absolute atomic E-state index is 0.0939. The van der Waals surface area contributed by atoms with Gasteiger partial charge in [-0.05, 0) is 35.5 Å². The summed E-state index contributed by atoms with van der Waals surface area (Å²) in [4.78, 5) is 15.0. The molecular weight excluding hydrogens is 322 g/mol. The van der Waals surface area contributed by atoms with Gasteiger partial charge in [0.25, 0.3) is 5.91 Å². The quantitative estimate of drug-likeness (QED) is 0.716. The van der Waals surface area contributed by atoms with E-state index in [2.05, 4.69) is 56.4 Å². The molecule has 0 radical (unpaired) electrons. The van der Waals surface area contributed by atoms with E-state index >= 15 is 0 Å². The van der Waals surface area contributed by atoms with Gasteiger partial charge in [0.15, 0.2) is 5.69 Å². The van der Waals surface area contributed by atoms with Gasteiger partial charge in [-0.1, -0.05) is 13.8 Å². The first-order chi connectivity index (χ1) is 11.7. The summed E-state index contributed by atoms with van der Waals surface area (Å²) >= 11 is 1.69. The molecule has 1 aliphatic rings. The van der Waals surface area contributed by atoms with E-state index in [1.165, 1.54) is 5.56 Å². The highest BCUT2D eigenvalue weighted by molar-refractivity contribution is 7.07. The van der Waals surface area contributed by atoms with Crippen LogP contribution in [0.4, 0.5) is 0 Å². The fraction of sp³-hybridized carbons (Fsp3) is 0.529. The van der Waals surface area contributed by atoms with Gasteiger partial charge in [-0.15, -0.1) is 0 Å². The number of fused-ring (bicyclic) bond motifs is 1. The molecular formula is C17H25N5OS. The lowest BCUT2D eigenvalue weighted by Gasteiger charge is -2.29. The third-order valence-corrected chi connectivity index (χ3v) is 5.36. The highest BCUT2D eigenvalue weighted by atomic mass is 32.1. The van der Waals surface area contributed by atoms with Crippen LogP contribution in [-0.4, -0.2) is 47.2 Å². The Bertz CT molecular complexity index is 663. The summed E-state index contributed by atoms with van der Waals surface area (Å²) in [5.41, 5.74) is 3.88. The zero-order chi connectivity index (χ0) is 16.9. The molecule has 0 bridgehead atoms. The molecule has 2 aromatic rings. The molecule has 130 valence electrons. The summed E-state index contributed by atoms with van der Waals surface area (Å²) in [7, 11) is 0. The average Bonchev–Trinajstić information content (AvgIpc) is 3.27. The zero-order valence-corrected chi connectivity index (χ0v) is 15.1. The van der Waals surface area contributed by atoms with Crippen LogP contribution in [0.15, 0.2) is 16.8 Å². The second-order valence-corrected chi connectivity index (χ2v) is 6.74. The van der Waals surface area contributed by atoms with Crippen molar-refractivity contribution < 1.29 is 4.79 Å². The number of hydrogen-bond acceptors (Lipinski definition) is 5. The Hall–Kier alpha value is -1.70. The van der Waals surface area contributed by atoms with E-state index < -0.39 is 0 Å². The second-order valence-electron chi connectivity index (χ2n) is 5.96. The summed E-state index contributed by atoms with van der Waals surface area (Å²) in [6.07, 6.45) is 0.895. The first-order valence-corrected chi connectivity index (χ1v) is 9.50. The van der Waals surface area contributed by atoms with Crippen LogP contribution in [0.3, 0.4) is 0 Å². The molecule has 1 amide bonds. The number of aromatic nitrogens is 2. The largest absolute Gasteiger partial charge is 0.349 e. The number of nitrogens with zero attached hydrogens (tertiary/aromatic N) is 2. The Balaban J connectivity index is 1.70. The van der Waals surface area contributed by atoms with Crippen LogP contribution in [0.2, 0.25) is 0 Å². The molecule has 0 spiro atoms. The number of H-pyrrole nitrogens is 1. The zero-order valence-electron chi connectivity index (χ0n) is 14.3. The number of carbonyl (C=O) groups excluding carboxylic acids is 1. The number of hydrogen-bond donors (Lipinski definition) is 3. The van der Waals surface area contributed by atoms with Crippen molar-refractivity contribution in [1.29, 1.82) is 0 Å². The standard InChI is InChI=1S/C17H25N5OS/c1-3-22(4-2)15(12-6-8-24-11-12)10-19-17(23)16-13-9-18-7-5-14(13)20-21-16/h6,8,11,15,18H,3-5,7,9-10H2,1-2H3,(H,19,23)(H,20,21). The number of carbonyl (C=O) groups is 1. The van der Waals surface area contributed by atoms with E-state index in [-0.39, 0.29) is 11.9 Å². The summed E-state index contributed by atoms with van der Waals surface area (Å²) < 4.78 is 0. The molecule has 1 unspecified atom stereocenters. The Morgan fingerprint density at radius 1 is 1.46 bits per heavy atom. The second kappa shape index (κ2) is 7.92. The Morgan fingerprint density at radius 2 is 2.29 bits per heavy atom. The fourth-order valence-corrected chi connectivity index (χ4v) is 3.98. The summed E-state index contributed by atoms with van der Waals surface area (Å²) in [6.45, 7) is 8.44. The summed E-state index contributed by atoms with van der Waals surface area (Å²) in [6, 6.07) is 2.34. The number of nitrogens with one attached hydrogen (secondary N) is 3. The first-order valence-electron chi connectivity index (χ1n) is 8.55. The minimum Gasteiger partial charge on any atom is -0.349 e. The SMILES string of the molecule is CCN(CC)C(CNC(=O)c1n[nH]c2c1CNCC2)c1ccsc1. The van der Waals surface area contributed by atoms with Gasteiger partial charge >= 0.3 is 0 Å². The molecule has 3 heterocycles. The van der Waals surface area contributed by atoms with Crippen molar-refractivity contribution in [2.45, 2.75) is 32.9 Å². The molecule has 3 N–H and O–H groups in total. The smallest absolute Gasteiger partial charge is 0.272 e. The molecule has 7 heteroatoms. The van der Waals surface area contributed by atoms with Crippen molar-refractivity contribution >= 4 is 17.2 Å². The van der Waals surface area contributed by atoms with Crippen LogP contribution in [0.25, 0.3) is 0 Å². The number of aromatic amines is 1. The normalized spacial score (nSPS) is 15.3. The van der Waals surface area contributed by atoms with E-state index in [0.29, 0.717) is 18.8 Å². The Labute approximate surface area is 146 Å². The third-order valence-electron chi connectivity index (χ3n) is 4.66. The lowest BCUT2D eigenvalue weighted by molar-refractivity contribution is 0.0929. The van der Waals surface area contributed by atoms with Gasteiger partial charge in [0, 0.05) is 37.3 Å². The van der Waals surface area contributed by atoms with Gasteiger partial charge in [-0.2, -0.15) is 16.4 Å². The van der Waals surface area contributed by atoms with Crippen molar-refractivity contribution in [3.8, 4) is 0 Å². The van der Waals surface area contributed by atoms with E-state index in [4.69, 9.17) is 0 Å². The Morgan fingerprint density at radius 3 is 3.00 bits per heavy atom. The van der Waals surface area contributed by atoms with E-state index in [1.807, 2.05) is 0 Å². The highest BCUT2D eigenvalue weighted by Crippen LogP contribution is 2.22. The van der Waals surface area contributed by atoms with Gasteiger partial charge in [0.1, 0.15) is 0 Å². The maximum absolute atomic E-state index is 12.6. The average molecular weight is 347 g/mol. The molecule has 24 heavy (non-hydrogen) atoms. The van der Waals surface area contributed by atoms with Crippen LogP contribution in [-0.2, 0) is 13.0 Å². The van der Waals surface area contributed by atoms with Gasteiger partial charge in [-0.3, -0.25) is 14.8 Å². The van der Waals surface area contributed by atoms with Crippen molar-refractivity contribution in [3.63, 3.8) is 0 Å². The molecule has 0 fully saturated rings. The van der Waals surface area contributed by atoms with Crippen LogP contribution in [0.5, 0.6) is 0 Å². The molecule has 0 saturated heterocycles. The molecule has 1 aliphatic heterocycles. The maximum atomic E-state index is 12.6. The van der Waals surface area contributed by atoms with Gasteiger partial charge in [0.2, 0.25) is 0 Å². The summed E-state index contributed by atoms with van der Waals surface area (Å²) in [5.74, 6) is -0.0939. The van der Waals surface area contributed by atoms with Crippen LogP contribution in [0, 0.1) is 0 Å². The molecule has 6 nitrogen and oxygen atoms in total. The van der Waals surface area contributed by atoms with Crippen molar-refractivity contribution in [1.82, 2.24) is 25.7 Å². The number of likely N-dealkylation sites (N-methyl/N-ethyl adjacent to an activating group) is 1. The molecule has 1 atom stereocenters. The highest BCUT2D eigenvalue weighted by Gasteiger charge is 2.24. The fourth-order valence-electron chi connectivity index (χ4n) is 3.27. The van der Waals surface area contributed by atoms with Crippen molar-refractivity contribution in [3.05, 3.63) is 39.3 Å². The van der Waals surface area contributed by atoms with Gasteiger partial charge in [-0.25, -0.2) is 0 Å². The number of rotatable bonds is 7. The lowest BCUT2D eigenvalue weighted by Crippen LogP contribution is -2.38. The van der Waals surface area contributed by atoms with E-state index in [9.17, 15) is 4.79 Å².